The van der Waals surface area contributed by atoms with Crippen LogP contribution >= 0.6 is 11.6 Å². The maximum Gasteiger partial charge on any atom is 0.252 e. The summed E-state index contributed by atoms with van der Waals surface area (Å²) < 4.78 is 39.2. The molecule has 0 aromatic heterocycles. The van der Waals surface area contributed by atoms with E-state index in [1.54, 1.807) is 12.1 Å². The summed E-state index contributed by atoms with van der Waals surface area (Å²) in [5, 5.41) is 40.6. The van der Waals surface area contributed by atoms with Crippen molar-refractivity contribution in [1.29, 1.82) is 0 Å². The zero-order valence-corrected chi connectivity index (χ0v) is 26.6. The minimum atomic E-state index is -3.84. The van der Waals surface area contributed by atoms with Crippen LogP contribution in [0.25, 0.3) is 0 Å². The first-order chi connectivity index (χ1) is 21.1. The number of hydrogen-bond acceptors (Lipinski definition) is 11. The number of halogens is 1. The van der Waals surface area contributed by atoms with Gasteiger partial charge in [0.2, 0.25) is 15.9 Å². The van der Waals surface area contributed by atoms with E-state index >= 15 is 0 Å². The van der Waals surface area contributed by atoms with Crippen molar-refractivity contribution >= 4 is 33.4 Å². The molecule has 0 spiro atoms. The highest BCUT2D eigenvalue weighted by atomic mass is 35.5. The van der Waals surface area contributed by atoms with Crippen LogP contribution in [0.5, 0.6) is 0 Å². The quantitative estimate of drug-likeness (QED) is 0.0977. The number of likely N-dealkylation sites (N-methyl/N-ethyl adjacent to an activating group) is 1. The fraction of sp³-hybridized carbons (Fsp3) is 0.517. The van der Waals surface area contributed by atoms with Crippen LogP contribution in [0.4, 0.5) is 0 Å². The molecule has 4 unspecified atom stereocenters. The molecule has 2 amide bonds. The largest absolute Gasteiger partial charge is 0.387 e. The van der Waals surface area contributed by atoms with Crippen molar-refractivity contribution in [2.75, 3.05) is 46.6 Å². The summed E-state index contributed by atoms with van der Waals surface area (Å²) in [6.07, 6.45) is -7.43. The smallest absolute Gasteiger partial charge is 0.252 e. The van der Waals surface area contributed by atoms with Gasteiger partial charge in [0.1, 0.15) is 12.2 Å². The van der Waals surface area contributed by atoms with E-state index in [2.05, 4.69) is 15.7 Å². The number of ether oxygens (including phenoxy) is 2. The lowest BCUT2D eigenvalue weighted by Crippen LogP contribution is -2.61. The molecule has 0 fully saturated rings. The standard InChI is InChI=1S/C29H41ClN4O10S/c1-17-12-20-21(15-34(2)16-22(20)23(30)13-17)18-4-3-5-19(14-18)45(41,42)33-7-9-44-11-10-43-8-6-29(40,28(32)39)26(37)24(35)25(36)27(31)38/h3-5,12-14,21,24-26,33,35-37,40H,6-11,15-16H2,1-2H3,(H2,31,38)(H2,32,39)/t21-,24?,25?,26?,29?/m0/s1. The molecule has 1 heterocycles. The molecule has 0 aliphatic carbocycles. The number of aliphatic hydroxyl groups excluding tert-OH is 3. The molecule has 5 atom stereocenters. The molecule has 1 aliphatic heterocycles. The highest BCUT2D eigenvalue weighted by Gasteiger charge is 2.48. The van der Waals surface area contributed by atoms with E-state index in [1.165, 1.54) is 6.07 Å². The van der Waals surface area contributed by atoms with Crippen LogP contribution in [-0.2, 0) is 35.6 Å². The Kier molecular flexibility index (Phi) is 12.9. The fourth-order valence-corrected chi connectivity index (χ4v) is 6.53. The summed E-state index contributed by atoms with van der Waals surface area (Å²) in [5.74, 6) is -2.85. The Morgan fingerprint density at radius 1 is 1.11 bits per heavy atom. The summed E-state index contributed by atoms with van der Waals surface area (Å²) in [5.41, 5.74) is 11.3. The molecular weight excluding hydrogens is 632 g/mol. The molecule has 2 aromatic carbocycles. The van der Waals surface area contributed by atoms with E-state index in [-0.39, 0.29) is 43.8 Å². The summed E-state index contributed by atoms with van der Waals surface area (Å²) in [6.45, 7) is 3.05. The van der Waals surface area contributed by atoms with Gasteiger partial charge in [-0.05, 0) is 54.4 Å². The van der Waals surface area contributed by atoms with Gasteiger partial charge < -0.3 is 46.3 Å². The molecule has 0 radical (unpaired) electrons. The lowest BCUT2D eigenvalue weighted by molar-refractivity contribution is -0.178. The van der Waals surface area contributed by atoms with Crippen molar-refractivity contribution in [2.45, 2.75) is 54.6 Å². The van der Waals surface area contributed by atoms with Gasteiger partial charge in [0.05, 0.1) is 31.3 Å². The SMILES string of the molecule is Cc1cc(Cl)c2c(c1)[C@H](c1cccc(S(=O)(=O)NCCOCCOCCC(O)(C(N)=O)C(O)C(O)C(O)C(N)=O)c1)CN(C)C2. The average molecular weight is 673 g/mol. The number of carbonyl (C=O) groups is 2. The van der Waals surface area contributed by atoms with Gasteiger partial charge in [-0.2, -0.15) is 0 Å². The number of rotatable bonds is 17. The molecule has 0 bridgehead atoms. The van der Waals surface area contributed by atoms with Crippen molar-refractivity contribution < 1.29 is 47.9 Å². The Morgan fingerprint density at radius 2 is 1.78 bits per heavy atom. The van der Waals surface area contributed by atoms with Crippen molar-refractivity contribution in [2.24, 2.45) is 11.5 Å². The van der Waals surface area contributed by atoms with Gasteiger partial charge in [0.15, 0.2) is 11.7 Å². The molecule has 16 heteroatoms. The monoisotopic (exact) mass is 672 g/mol. The second kappa shape index (κ2) is 15.7. The van der Waals surface area contributed by atoms with Crippen molar-refractivity contribution in [3.05, 3.63) is 63.7 Å². The molecule has 1 aliphatic rings. The van der Waals surface area contributed by atoms with Crippen LogP contribution in [0.3, 0.4) is 0 Å². The number of nitrogens with zero attached hydrogens (tertiary/aromatic N) is 1. The Labute approximate surface area is 266 Å². The Balaban J connectivity index is 1.47. The van der Waals surface area contributed by atoms with E-state index in [0.29, 0.717) is 18.1 Å². The highest BCUT2D eigenvalue weighted by Crippen LogP contribution is 2.37. The number of aryl methyl sites for hydroxylation is 1. The number of fused-ring (bicyclic) bond motifs is 1. The molecule has 9 N–H and O–H groups in total. The summed E-state index contributed by atoms with van der Waals surface area (Å²) in [6, 6.07) is 10.8. The topological polar surface area (TPSA) is 235 Å². The van der Waals surface area contributed by atoms with Gasteiger partial charge in [-0.1, -0.05) is 29.8 Å². The normalized spacial score (nSPS) is 18.9. The van der Waals surface area contributed by atoms with Crippen molar-refractivity contribution in [3.8, 4) is 0 Å². The summed E-state index contributed by atoms with van der Waals surface area (Å²) >= 11 is 6.54. The number of hydrogen-bond donors (Lipinski definition) is 7. The van der Waals surface area contributed by atoms with Gasteiger partial charge >= 0.3 is 0 Å². The Hall–Kier alpha value is -2.70. The first kappa shape index (κ1) is 36.8. The number of nitrogens with one attached hydrogen (secondary N) is 1. The van der Waals surface area contributed by atoms with Gasteiger partial charge in [-0.15, -0.1) is 0 Å². The molecule has 45 heavy (non-hydrogen) atoms. The molecule has 0 saturated carbocycles. The van der Waals surface area contributed by atoms with Crippen LogP contribution in [0.15, 0.2) is 41.3 Å². The van der Waals surface area contributed by atoms with Crippen LogP contribution in [0.1, 0.15) is 34.6 Å². The zero-order valence-electron chi connectivity index (χ0n) is 25.1. The summed E-state index contributed by atoms with van der Waals surface area (Å²) in [7, 11) is -1.85. The van der Waals surface area contributed by atoms with Crippen LogP contribution in [-0.4, -0.2) is 116 Å². The number of benzene rings is 2. The minimum Gasteiger partial charge on any atom is -0.387 e. The lowest BCUT2D eigenvalue weighted by Gasteiger charge is -2.33. The Morgan fingerprint density at radius 3 is 2.42 bits per heavy atom. The number of amides is 2. The Bertz CT molecular complexity index is 1460. The van der Waals surface area contributed by atoms with Crippen LogP contribution in [0.2, 0.25) is 5.02 Å². The predicted molar refractivity (Wildman–Crippen MR) is 164 cm³/mol. The van der Waals surface area contributed by atoms with Crippen molar-refractivity contribution in [3.63, 3.8) is 0 Å². The first-order valence-electron chi connectivity index (χ1n) is 14.2. The molecule has 14 nitrogen and oxygen atoms in total. The van der Waals surface area contributed by atoms with Gasteiger partial charge in [0.25, 0.3) is 5.91 Å². The number of primary amides is 2. The van der Waals surface area contributed by atoms with E-state index in [4.69, 9.17) is 32.5 Å². The minimum absolute atomic E-state index is 0.0159. The van der Waals surface area contributed by atoms with Crippen LogP contribution in [0, 0.1) is 6.92 Å². The number of sulfonamides is 1. The maximum atomic E-state index is 13.0. The number of nitrogens with two attached hydrogens (primary N) is 2. The van der Waals surface area contributed by atoms with E-state index in [1.807, 2.05) is 26.1 Å². The van der Waals surface area contributed by atoms with Gasteiger partial charge in [-0.25, -0.2) is 13.1 Å². The van der Waals surface area contributed by atoms with Crippen LogP contribution < -0.4 is 16.2 Å². The zero-order chi connectivity index (χ0) is 33.5. The second-order valence-electron chi connectivity index (χ2n) is 11.1. The first-order valence-corrected chi connectivity index (χ1v) is 16.0. The molecule has 0 saturated heterocycles. The van der Waals surface area contributed by atoms with E-state index in [0.717, 1.165) is 22.3 Å². The molecule has 250 valence electrons. The molecule has 2 aromatic rings. The molecular formula is C29H41ClN4O10S. The third-order valence-electron chi connectivity index (χ3n) is 7.64. The third-order valence-corrected chi connectivity index (χ3v) is 9.43. The lowest BCUT2D eigenvalue weighted by atomic mass is 9.84. The van der Waals surface area contributed by atoms with Gasteiger partial charge in [0, 0.05) is 37.0 Å². The highest BCUT2D eigenvalue weighted by molar-refractivity contribution is 7.89. The maximum absolute atomic E-state index is 13.0. The number of carbonyl (C=O) groups excluding carboxylic acids is 2. The third kappa shape index (κ3) is 9.19. The van der Waals surface area contributed by atoms with E-state index < -0.39 is 52.2 Å². The van der Waals surface area contributed by atoms with Crippen molar-refractivity contribution in [1.82, 2.24) is 9.62 Å². The predicted octanol–water partition coefficient (Wildman–Crippen LogP) is -1.29. The van der Waals surface area contributed by atoms with E-state index in [9.17, 15) is 38.4 Å². The fourth-order valence-electron chi connectivity index (χ4n) is 5.13. The average Bonchev–Trinajstić information content (AvgIpc) is 2.98. The van der Waals surface area contributed by atoms with Gasteiger partial charge in [-0.3, -0.25) is 9.59 Å². The number of aliphatic hydroxyl groups is 4. The second-order valence-corrected chi connectivity index (χ2v) is 13.3. The summed E-state index contributed by atoms with van der Waals surface area (Å²) in [4.78, 5) is 25.0. The molecule has 3 rings (SSSR count).